The summed E-state index contributed by atoms with van der Waals surface area (Å²) in [7, 11) is 0. The van der Waals surface area contributed by atoms with Crippen molar-refractivity contribution in [1.82, 2.24) is 5.32 Å². The van der Waals surface area contributed by atoms with E-state index in [0.717, 1.165) is 11.1 Å². The number of rotatable bonds is 8. The second-order valence-corrected chi connectivity index (χ2v) is 6.97. The minimum atomic E-state index is -0.358. The van der Waals surface area contributed by atoms with E-state index in [4.69, 9.17) is 20.6 Å². The Morgan fingerprint density at radius 2 is 1.76 bits per heavy atom. The van der Waals surface area contributed by atoms with Crippen LogP contribution in [0.1, 0.15) is 25.3 Å². The van der Waals surface area contributed by atoms with Crippen molar-refractivity contribution in [2.45, 2.75) is 25.8 Å². The summed E-state index contributed by atoms with van der Waals surface area (Å²) >= 11 is 0. The molecule has 4 N–H and O–H groups in total. The molecule has 0 bridgehead atoms. The normalized spacial score (nSPS) is 18.2. The van der Waals surface area contributed by atoms with Crippen LogP contribution >= 0.6 is 0 Å². The van der Waals surface area contributed by atoms with Crippen molar-refractivity contribution in [2.24, 2.45) is 11.7 Å². The van der Waals surface area contributed by atoms with E-state index in [9.17, 15) is 9.59 Å². The molecule has 0 spiro atoms. The van der Waals surface area contributed by atoms with Crippen molar-refractivity contribution in [3.05, 3.63) is 54.1 Å². The summed E-state index contributed by atoms with van der Waals surface area (Å²) in [5, 5.41) is 10.3. The minimum absolute atomic E-state index is 0.0452. The lowest BCUT2D eigenvalue weighted by atomic mass is 10.0. The summed E-state index contributed by atoms with van der Waals surface area (Å²) in [6.45, 7) is 2.41. The van der Waals surface area contributed by atoms with Gasteiger partial charge >= 0.3 is 5.97 Å². The highest BCUT2D eigenvalue weighted by Crippen LogP contribution is 2.24. The molecule has 0 aliphatic carbocycles. The highest BCUT2D eigenvalue weighted by atomic mass is 16.5. The van der Waals surface area contributed by atoms with E-state index in [2.05, 4.69) is 5.32 Å². The number of carbonyl (C=O) groups excluding carboxylic acids is 2. The van der Waals surface area contributed by atoms with Crippen LogP contribution in [0.5, 0.6) is 5.75 Å². The Hall–Kier alpha value is -3.35. The van der Waals surface area contributed by atoms with Crippen molar-refractivity contribution in [1.29, 1.82) is 5.41 Å². The maximum Gasteiger partial charge on any atom is 0.306 e. The standard InChI is InChI=1S/C22H25N3O4/c1-2-28-20(26)12-17-11-18(25-22(17)27)13-29-19-9-7-15(8-10-19)14-3-5-16(6-4-14)21(23)24/h3-10,17-18H,2,11-13H2,1H3,(H3,23,24)(H,25,27)/t17-,18-/m0/s1. The molecule has 7 nitrogen and oxygen atoms in total. The number of hydrogen-bond donors (Lipinski definition) is 3. The number of nitrogens with two attached hydrogens (primary N) is 1. The second-order valence-electron chi connectivity index (χ2n) is 6.97. The SMILES string of the molecule is CCOC(=O)C[C@@H]1C[C@@H](COc2ccc(-c3ccc(C(=N)N)cc3)cc2)NC1=O. The molecule has 1 aliphatic rings. The van der Waals surface area contributed by atoms with Crippen LogP contribution in [0.4, 0.5) is 0 Å². The molecule has 1 fully saturated rings. The van der Waals surface area contributed by atoms with Gasteiger partial charge in [0.2, 0.25) is 5.91 Å². The number of amidine groups is 1. The minimum Gasteiger partial charge on any atom is -0.491 e. The molecule has 0 aromatic heterocycles. The summed E-state index contributed by atoms with van der Waals surface area (Å²) in [6.07, 6.45) is 0.658. The maximum absolute atomic E-state index is 12.0. The Balaban J connectivity index is 1.52. The molecule has 2 aromatic rings. The molecule has 29 heavy (non-hydrogen) atoms. The lowest BCUT2D eigenvalue weighted by Crippen LogP contribution is -2.31. The molecule has 0 unspecified atom stereocenters. The van der Waals surface area contributed by atoms with E-state index >= 15 is 0 Å². The number of nitrogens with one attached hydrogen (secondary N) is 2. The number of esters is 1. The Morgan fingerprint density at radius 1 is 1.14 bits per heavy atom. The smallest absolute Gasteiger partial charge is 0.306 e. The number of hydrogen-bond acceptors (Lipinski definition) is 5. The number of benzene rings is 2. The first-order valence-corrected chi connectivity index (χ1v) is 9.60. The van der Waals surface area contributed by atoms with E-state index < -0.39 is 0 Å². The monoisotopic (exact) mass is 395 g/mol. The number of amides is 1. The van der Waals surface area contributed by atoms with E-state index in [1.165, 1.54) is 0 Å². The number of nitrogen functional groups attached to an aromatic ring is 1. The van der Waals surface area contributed by atoms with Crippen molar-refractivity contribution >= 4 is 17.7 Å². The highest BCUT2D eigenvalue weighted by Gasteiger charge is 2.34. The fourth-order valence-corrected chi connectivity index (χ4v) is 3.32. The van der Waals surface area contributed by atoms with Crippen LogP contribution in [0.25, 0.3) is 11.1 Å². The fraction of sp³-hybridized carbons (Fsp3) is 0.318. The quantitative estimate of drug-likeness (QED) is 0.361. The van der Waals surface area contributed by atoms with Gasteiger partial charge in [-0.15, -0.1) is 0 Å². The highest BCUT2D eigenvalue weighted by molar-refractivity contribution is 5.95. The van der Waals surface area contributed by atoms with Crippen LogP contribution in [0.2, 0.25) is 0 Å². The lowest BCUT2D eigenvalue weighted by molar-refractivity contribution is -0.145. The maximum atomic E-state index is 12.0. The Bertz CT molecular complexity index is 878. The molecule has 0 radical (unpaired) electrons. The van der Waals surface area contributed by atoms with E-state index in [1.807, 2.05) is 48.5 Å². The van der Waals surface area contributed by atoms with E-state index in [-0.39, 0.29) is 36.1 Å². The summed E-state index contributed by atoms with van der Waals surface area (Å²) in [5.41, 5.74) is 8.21. The predicted octanol–water partition coefficient (Wildman–Crippen LogP) is 2.47. The summed E-state index contributed by atoms with van der Waals surface area (Å²) in [6, 6.07) is 15.0. The van der Waals surface area contributed by atoms with E-state index in [0.29, 0.717) is 30.9 Å². The average Bonchev–Trinajstić information content (AvgIpc) is 3.06. The van der Waals surface area contributed by atoms with Gasteiger partial charge in [-0.2, -0.15) is 0 Å². The first-order valence-electron chi connectivity index (χ1n) is 9.60. The molecule has 152 valence electrons. The average molecular weight is 395 g/mol. The van der Waals surface area contributed by atoms with Crippen molar-refractivity contribution in [3.63, 3.8) is 0 Å². The molecule has 0 saturated carbocycles. The van der Waals surface area contributed by atoms with Crippen LogP contribution in [-0.2, 0) is 14.3 Å². The van der Waals surface area contributed by atoms with Gasteiger partial charge in [0.25, 0.3) is 0 Å². The molecule has 7 heteroatoms. The lowest BCUT2D eigenvalue weighted by Gasteiger charge is -2.12. The molecule has 1 amide bonds. The third-order valence-corrected chi connectivity index (χ3v) is 4.84. The predicted molar refractivity (Wildman–Crippen MR) is 110 cm³/mol. The van der Waals surface area contributed by atoms with Gasteiger partial charge in [-0.25, -0.2) is 0 Å². The molecular formula is C22H25N3O4. The molecule has 3 rings (SSSR count). The zero-order chi connectivity index (χ0) is 20.8. The van der Waals surface area contributed by atoms with Crippen LogP contribution in [0.15, 0.2) is 48.5 Å². The largest absolute Gasteiger partial charge is 0.491 e. The zero-order valence-electron chi connectivity index (χ0n) is 16.3. The van der Waals surface area contributed by atoms with Gasteiger partial charge < -0.3 is 20.5 Å². The molecular weight excluding hydrogens is 370 g/mol. The first kappa shape index (κ1) is 20.4. The van der Waals surface area contributed by atoms with Crippen LogP contribution < -0.4 is 15.8 Å². The van der Waals surface area contributed by atoms with Gasteiger partial charge in [0.1, 0.15) is 18.2 Å². The molecule has 2 aromatic carbocycles. The van der Waals surface area contributed by atoms with Crippen LogP contribution in [0.3, 0.4) is 0 Å². The molecule has 1 aliphatic heterocycles. The Morgan fingerprint density at radius 3 is 2.34 bits per heavy atom. The van der Waals surface area contributed by atoms with Crippen molar-refractivity contribution in [2.75, 3.05) is 13.2 Å². The topological polar surface area (TPSA) is 114 Å². The number of ether oxygens (including phenoxy) is 2. The third-order valence-electron chi connectivity index (χ3n) is 4.84. The van der Waals surface area contributed by atoms with Crippen LogP contribution in [0, 0.1) is 11.3 Å². The van der Waals surface area contributed by atoms with Gasteiger partial charge in [-0.05, 0) is 36.6 Å². The van der Waals surface area contributed by atoms with Gasteiger partial charge in [0.05, 0.1) is 25.0 Å². The van der Waals surface area contributed by atoms with Gasteiger partial charge in [-0.3, -0.25) is 15.0 Å². The Labute approximate surface area is 169 Å². The molecule has 2 atom stereocenters. The summed E-state index contributed by atoms with van der Waals surface area (Å²) < 4.78 is 10.7. The summed E-state index contributed by atoms with van der Waals surface area (Å²) in [4.78, 5) is 23.6. The number of carbonyl (C=O) groups is 2. The van der Waals surface area contributed by atoms with Gasteiger partial charge in [0.15, 0.2) is 0 Å². The molecule has 1 saturated heterocycles. The van der Waals surface area contributed by atoms with Gasteiger partial charge in [0, 0.05) is 5.56 Å². The van der Waals surface area contributed by atoms with Crippen LogP contribution in [-0.4, -0.2) is 37.0 Å². The zero-order valence-corrected chi connectivity index (χ0v) is 16.3. The third kappa shape index (κ3) is 5.34. The van der Waals surface area contributed by atoms with E-state index in [1.54, 1.807) is 6.92 Å². The van der Waals surface area contributed by atoms with Crippen molar-refractivity contribution in [3.8, 4) is 16.9 Å². The fourth-order valence-electron chi connectivity index (χ4n) is 3.32. The summed E-state index contributed by atoms with van der Waals surface area (Å²) in [5.74, 6) is -0.0823. The second kappa shape index (κ2) is 9.23. The Kier molecular flexibility index (Phi) is 6.49. The van der Waals surface area contributed by atoms with Crippen molar-refractivity contribution < 1.29 is 19.1 Å². The van der Waals surface area contributed by atoms with Gasteiger partial charge in [-0.1, -0.05) is 36.4 Å². The first-order chi connectivity index (χ1) is 14.0. The molecule has 1 heterocycles.